The largest absolute Gasteiger partial charge is 0.298 e. The highest BCUT2D eigenvalue weighted by Crippen LogP contribution is 2.21. The van der Waals surface area contributed by atoms with E-state index in [0.29, 0.717) is 4.90 Å². The van der Waals surface area contributed by atoms with Crippen LogP contribution in [0, 0.1) is 11.6 Å². The van der Waals surface area contributed by atoms with Crippen molar-refractivity contribution >= 4 is 23.0 Å². The molecule has 0 bridgehead atoms. The van der Waals surface area contributed by atoms with Gasteiger partial charge in [-0.2, -0.15) is 0 Å². The van der Waals surface area contributed by atoms with E-state index in [2.05, 4.69) is 15.0 Å². The minimum Gasteiger partial charge on any atom is -0.298 e. The van der Waals surface area contributed by atoms with Gasteiger partial charge in [0.25, 0.3) is 0 Å². The molecular weight excluding hydrogens is 362 g/mol. The number of anilines is 1. The molecule has 0 spiro atoms. The molecule has 0 aliphatic heterocycles. The maximum absolute atomic E-state index is 13.9. The first-order valence-electron chi connectivity index (χ1n) is 7.66. The number of aryl methyl sites for hydroxylation is 1. The average Bonchev–Trinajstić information content (AvgIpc) is 3.13. The Morgan fingerprint density at radius 1 is 1.19 bits per heavy atom. The number of carbonyl (C=O) groups excluding carboxylic acids is 1. The van der Waals surface area contributed by atoms with Crippen molar-refractivity contribution in [2.75, 3.05) is 4.72 Å². The molecule has 1 atom stereocenters. The maximum atomic E-state index is 13.9. The van der Waals surface area contributed by atoms with E-state index in [0.717, 1.165) is 29.9 Å². The molecule has 0 aliphatic carbocycles. The highest BCUT2D eigenvalue weighted by atomic mass is 32.2. The van der Waals surface area contributed by atoms with Crippen LogP contribution in [0.25, 0.3) is 5.69 Å². The summed E-state index contributed by atoms with van der Waals surface area (Å²) in [4.78, 5) is 11.0. The normalized spacial score (nSPS) is 12.0. The van der Waals surface area contributed by atoms with Gasteiger partial charge >= 0.3 is 0 Å². The third-order valence-corrected chi connectivity index (χ3v) is 4.74. The smallest absolute Gasteiger partial charge is 0.153 e. The summed E-state index contributed by atoms with van der Waals surface area (Å²) in [6.07, 6.45) is 2.76. The summed E-state index contributed by atoms with van der Waals surface area (Å²) in [7, 11) is -1.81. The van der Waals surface area contributed by atoms with Crippen molar-refractivity contribution in [2.45, 2.75) is 18.2 Å². The van der Waals surface area contributed by atoms with E-state index in [-0.39, 0.29) is 12.0 Å². The van der Waals surface area contributed by atoms with Crippen LogP contribution >= 0.6 is 0 Å². The molecule has 1 aromatic heterocycles. The summed E-state index contributed by atoms with van der Waals surface area (Å²) < 4.78 is 43.8. The van der Waals surface area contributed by atoms with Crippen molar-refractivity contribution < 1.29 is 17.8 Å². The predicted octanol–water partition coefficient (Wildman–Crippen LogP) is 3.06. The molecule has 0 radical (unpaired) electrons. The van der Waals surface area contributed by atoms with Crippen molar-refractivity contribution in [3.63, 3.8) is 0 Å². The molecule has 1 heterocycles. The molecule has 9 heteroatoms. The molecule has 0 saturated heterocycles. The molecule has 3 rings (SSSR count). The predicted molar refractivity (Wildman–Crippen MR) is 92.5 cm³/mol. The zero-order chi connectivity index (χ0) is 18.7. The first-order valence-corrected chi connectivity index (χ1v) is 8.81. The topological polar surface area (TPSA) is 76.9 Å². The molecule has 3 aromatic rings. The quantitative estimate of drug-likeness (QED) is 0.671. The fourth-order valence-corrected chi connectivity index (χ4v) is 3.06. The van der Waals surface area contributed by atoms with Crippen molar-refractivity contribution in [3.05, 3.63) is 65.5 Å². The average molecular weight is 376 g/mol. The zero-order valence-electron chi connectivity index (χ0n) is 13.6. The van der Waals surface area contributed by atoms with Gasteiger partial charge in [0.2, 0.25) is 0 Å². The minimum absolute atomic E-state index is 0.214. The van der Waals surface area contributed by atoms with Gasteiger partial charge in [-0.3, -0.25) is 9.52 Å². The monoisotopic (exact) mass is 376 g/mol. The Labute approximate surface area is 150 Å². The van der Waals surface area contributed by atoms with Crippen LogP contribution in [0.5, 0.6) is 0 Å². The molecular formula is C17H14F2N4O2S. The van der Waals surface area contributed by atoms with Crippen LogP contribution in [0.3, 0.4) is 0 Å². The molecule has 0 fully saturated rings. The van der Waals surface area contributed by atoms with Crippen LogP contribution in [0.4, 0.5) is 14.5 Å². The SMILES string of the molecule is CCc1cn(-c2ccc(S(=O)Nc3cc(F)c(C=O)cc3F)cc2)nn1. The number of halogens is 2. The van der Waals surface area contributed by atoms with Crippen LogP contribution < -0.4 is 4.72 Å². The van der Waals surface area contributed by atoms with E-state index in [1.54, 1.807) is 35.1 Å². The molecule has 0 saturated carbocycles. The number of carbonyl (C=O) groups is 1. The number of aromatic nitrogens is 3. The second kappa shape index (κ2) is 7.52. The third kappa shape index (κ3) is 3.67. The molecule has 1 unspecified atom stereocenters. The first kappa shape index (κ1) is 17.9. The van der Waals surface area contributed by atoms with Gasteiger partial charge in [0, 0.05) is 6.07 Å². The summed E-state index contributed by atoms with van der Waals surface area (Å²) in [5.74, 6) is -1.76. The lowest BCUT2D eigenvalue weighted by atomic mass is 10.2. The number of nitrogens with one attached hydrogen (secondary N) is 1. The number of nitrogens with zero attached hydrogens (tertiary/aromatic N) is 3. The van der Waals surface area contributed by atoms with E-state index in [1.807, 2.05) is 6.92 Å². The number of aldehydes is 1. The summed E-state index contributed by atoms with van der Waals surface area (Å²) in [5, 5.41) is 7.99. The van der Waals surface area contributed by atoms with Crippen molar-refractivity contribution in [3.8, 4) is 5.69 Å². The Morgan fingerprint density at radius 3 is 2.54 bits per heavy atom. The van der Waals surface area contributed by atoms with Crippen molar-refractivity contribution in [2.24, 2.45) is 0 Å². The van der Waals surface area contributed by atoms with Gasteiger partial charge < -0.3 is 0 Å². The van der Waals surface area contributed by atoms with Crippen LogP contribution in [0.1, 0.15) is 23.0 Å². The minimum atomic E-state index is -1.81. The van der Waals surface area contributed by atoms with Gasteiger partial charge in [0.15, 0.2) is 6.29 Å². The maximum Gasteiger partial charge on any atom is 0.153 e. The van der Waals surface area contributed by atoms with Crippen molar-refractivity contribution in [1.29, 1.82) is 0 Å². The molecule has 0 amide bonds. The van der Waals surface area contributed by atoms with Crippen molar-refractivity contribution in [1.82, 2.24) is 15.0 Å². The molecule has 134 valence electrons. The summed E-state index contributed by atoms with van der Waals surface area (Å²) >= 11 is 0. The fourth-order valence-electron chi connectivity index (χ4n) is 2.20. The van der Waals surface area contributed by atoms with Crippen LogP contribution in [0.15, 0.2) is 47.5 Å². The van der Waals surface area contributed by atoms with Crippen LogP contribution in [-0.4, -0.2) is 25.5 Å². The lowest BCUT2D eigenvalue weighted by molar-refractivity contribution is 0.111. The zero-order valence-corrected chi connectivity index (χ0v) is 14.5. The molecule has 2 aromatic carbocycles. The lowest BCUT2D eigenvalue weighted by Crippen LogP contribution is -2.08. The summed E-state index contributed by atoms with van der Waals surface area (Å²) in [6.45, 7) is 1.97. The second-order valence-electron chi connectivity index (χ2n) is 5.34. The lowest BCUT2D eigenvalue weighted by Gasteiger charge is -2.09. The van der Waals surface area contributed by atoms with Gasteiger partial charge in [0.1, 0.15) is 22.6 Å². The van der Waals surface area contributed by atoms with Gasteiger partial charge in [0.05, 0.1) is 33.7 Å². The number of hydrogen-bond donors (Lipinski definition) is 1. The standard InChI is InChI=1S/C17H14F2N4O2S/c1-2-12-9-23(22-20-12)13-3-5-14(6-4-13)26(25)21-17-8-15(18)11(10-24)7-16(17)19/h3-10,21H,2H2,1H3. The highest BCUT2D eigenvalue weighted by Gasteiger charge is 2.13. The van der Waals surface area contributed by atoms with E-state index < -0.39 is 28.2 Å². The number of benzene rings is 2. The Morgan fingerprint density at radius 2 is 1.92 bits per heavy atom. The van der Waals surface area contributed by atoms with E-state index in [1.165, 1.54) is 0 Å². The Hall–Kier alpha value is -2.94. The number of rotatable bonds is 6. The fraction of sp³-hybridized carbons (Fsp3) is 0.118. The summed E-state index contributed by atoms with van der Waals surface area (Å²) in [6, 6.07) is 8.10. The third-order valence-electron chi connectivity index (χ3n) is 3.63. The molecule has 1 N–H and O–H groups in total. The van der Waals surface area contributed by atoms with E-state index >= 15 is 0 Å². The van der Waals surface area contributed by atoms with Gasteiger partial charge in [-0.25, -0.2) is 17.7 Å². The number of hydrogen-bond acceptors (Lipinski definition) is 4. The first-order chi connectivity index (χ1) is 12.5. The van der Waals surface area contributed by atoms with Gasteiger partial charge in [-0.05, 0) is 36.8 Å². The molecule has 0 aliphatic rings. The Kier molecular flexibility index (Phi) is 5.17. The van der Waals surface area contributed by atoms with Gasteiger partial charge in [-0.15, -0.1) is 5.10 Å². The molecule has 26 heavy (non-hydrogen) atoms. The van der Waals surface area contributed by atoms with Crippen LogP contribution in [-0.2, 0) is 17.4 Å². The highest BCUT2D eigenvalue weighted by molar-refractivity contribution is 7.86. The molecule has 6 nitrogen and oxygen atoms in total. The van der Waals surface area contributed by atoms with Gasteiger partial charge in [-0.1, -0.05) is 12.1 Å². The van der Waals surface area contributed by atoms with Crippen LogP contribution in [0.2, 0.25) is 0 Å². The Bertz CT molecular complexity index is 973. The second-order valence-corrected chi connectivity index (χ2v) is 6.56. The Balaban J connectivity index is 1.78. The van der Waals surface area contributed by atoms with E-state index in [9.17, 15) is 17.8 Å². The summed E-state index contributed by atoms with van der Waals surface area (Å²) in [5.41, 5.74) is 0.878. The van der Waals surface area contributed by atoms with E-state index in [4.69, 9.17) is 0 Å².